The summed E-state index contributed by atoms with van der Waals surface area (Å²) in [5.74, 6) is -0.720. The van der Waals surface area contributed by atoms with Gasteiger partial charge in [0.1, 0.15) is 0 Å². The number of rotatable bonds is 10. The van der Waals surface area contributed by atoms with Crippen LogP contribution >= 0.6 is 11.6 Å². The second-order valence-electron chi connectivity index (χ2n) is 6.05. The van der Waals surface area contributed by atoms with Crippen molar-refractivity contribution in [2.75, 3.05) is 0 Å². The summed E-state index contributed by atoms with van der Waals surface area (Å²) in [5.41, 5.74) is -0.246. The van der Waals surface area contributed by atoms with Gasteiger partial charge in [-0.05, 0) is 49.9 Å². The van der Waals surface area contributed by atoms with Gasteiger partial charge in [0.2, 0.25) is 0 Å². The lowest BCUT2D eigenvalue weighted by Crippen LogP contribution is -2.26. The van der Waals surface area contributed by atoms with E-state index in [0.717, 1.165) is 32.1 Å². The van der Waals surface area contributed by atoms with Crippen LogP contribution in [0.1, 0.15) is 62.2 Å². The zero-order valence-electron chi connectivity index (χ0n) is 13.4. The van der Waals surface area contributed by atoms with Crippen LogP contribution in [0.3, 0.4) is 0 Å². The third-order valence-electron chi connectivity index (χ3n) is 4.42. The molecule has 0 spiro atoms. The highest BCUT2D eigenvalue weighted by Crippen LogP contribution is 2.43. The standard InChI is InChI=1S/C18H23ClO4/c1-2-16-18(23-16,17(21)22)12-6-4-3-5-7-15(20)13-8-10-14(19)11-9-13/h8-11,16H,2-7,12H2,1H3,(H,21,22). The van der Waals surface area contributed by atoms with Gasteiger partial charge >= 0.3 is 5.97 Å². The Morgan fingerprint density at radius 1 is 1.17 bits per heavy atom. The van der Waals surface area contributed by atoms with Crippen molar-refractivity contribution in [1.82, 2.24) is 0 Å². The van der Waals surface area contributed by atoms with Crippen molar-refractivity contribution in [3.63, 3.8) is 0 Å². The molecule has 1 aliphatic heterocycles. The van der Waals surface area contributed by atoms with Crippen LogP contribution in [0.2, 0.25) is 5.02 Å². The maximum atomic E-state index is 12.0. The molecular weight excluding hydrogens is 316 g/mol. The van der Waals surface area contributed by atoms with Gasteiger partial charge in [0.25, 0.3) is 0 Å². The van der Waals surface area contributed by atoms with E-state index in [9.17, 15) is 14.7 Å². The molecule has 5 heteroatoms. The van der Waals surface area contributed by atoms with Gasteiger partial charge in [-0.15, -0.1) is 0 Å². The highest BCUT2D eigenvalue weighted by molar-refractivity contribution is 6.30. The van der Waals surface area contributed by atoms with E-state index in [-0.39, 0.29) is 11.9 Å². The van der Waals surface area contributed by atoms with Crippen LogP contribution in [0, 0.1) is 0 Å². The summed E-state index contributed by atoms with van der Waals surface area (Å²) in [4.78, 5) is 23.3. The first-order valence-electron chi connectivity index (χ1n) is 8.19. The number of epoxide rings is 1. The van der Waals surface area contributed by atoms with Gasteiger partial charge in [0.05, 0.1) is 6.10 Å². The molecule has 1 N–H and O–H groups in total. The van der Waals surface area contributed by atoms with Crippen molar-refractivity contribution in [3.8, 4) is 0 Å². The van der Waals surface area contributed by atoms with Crippen molar-refractivity contribution in [1.29, 1.82) is 0 Å². The van der Waals surface area contributed by atoms with E-state index in [2.05, 4.69) is 0 Å². The van der Waals surface area contributed by atoms with E-state index in [0.29, 0.717) is 23.4 Å². The number of ketones is 1. The largest absolute Gasteiger partial charge is 0.479 e. The number of carbonyl (C=O) groups excluding carboxylic acids is 1. The summed E-state index contributed by atoms with van der Waals surface area (Å²) in [5, 5.41) is 9.87. The van der Waals surface area contributed by atoms with Gasteiger partial charge in [0.15, 0.2) is 11.4 Å². The molecule has 2 atom stereocenters. The fourth-order valence-corrected chi connectivity index (χ4v) is 3.08. The molecule has 4 nitrogen and oxygen atoms in total. The summed E-state index contributed by atoms with van der Waals surface area (Å²) in [6.45, 7) is 1.94. The SMILES string of the molecule is CCC1OC1(CCCCCCC(=O)c1ccc(Cl)cc1)C(=O)O. The van der Waals surface area contributed by atoms with Crippen molar-refractivity contribution in [3.05, 3.63) is 34.9 Å². The Hall–Kier alpha value is -1.39. The predicted molar refractivity (Wildman–Crippen MR) is 89.0 cm³/mol. The molecule has 1 fully saturated rings. The maximum Gasteiger partial charge on any atom is 0.338 e. The molecule has 1 heterocycles. The maximum absolute atomic E-state index is 12.0. The Morgan fingerprint density at radius 3 is 2.39 bits per heavy atom. The minimum absolute atomic E-state index is 0.125. The number of carboxylic acid groups (broad SMARTS) is 1. The monoisotopic (exact) mass is 338 g/mol. The van der Waals surface area contributed by atoms with E-state index < -0.39 is 11.6 Å². The number of ether oxygens (including phenoxy) is 1. The van der Waals surface area contributed by atoms with Gasteiger partial charge in [-0.3, -0.25) is 4.79 Å². The number of halogens is 1. The van der Waals surface area contributed by atoms with Crippen molar-refractivity contribution in [2.45, 2.75) is 63.6 Å². The van der Waals surface area contributed by atoms with E-state index in [1.54, 1.807) is 24.3 Å². The van der Waals surface area contributed by atoms with Crippen LogP contribution < -0.4 is 0 Å². The molecule has 0 aliphatic carbocycles. The van der Waals surface area contributed by atoms with Gasteiger partial charge in [-0.25, -0.2) is 4.79 Å². The van der Waals surface area contributed by atoms with E-state index in [1.807, 2.05) is 6.92 Å². The average molecular weight is 339 g/mol. The number of hydrogen-bond donors (Lipinski definition) is 1. The zero-order chi connectivity index (χ0) is 16.9. The van der Waals surface area contributed by atoms with Crippen LogP contribution in [-0.4, -0.2) is 28.6 Å². The zero-order valence-corrected chi connectivity index (χ0v) is 14.1. The smallest absolute Gasteiger partial charge is 0.338 e. The first-order chi connectivity index (χ1) is 11.0. The van der Waals surface area contributed by atoms with Gasteiger partial charge in [-0.1, -0.05) is 31.4 Å². The molecule has 1 saturated heterocycles. The normalized spacial score (nSPS) is 22.8. The van der Waals surface area contributed by atoms with E-state index >= 15 is 0 Å². The molecular formula is C18H23ClO4. The van der Waals surface area contributed by atoms with Gasteiger partial charge in [-0.2, -0.15) is 0 Å². The lowest BCUT2D eigenvalue weighted by molar-refractivity contribution is -0.143. The molecule has 0 bridgehead atoms. The fraction of sp³-hybridized carbons (Fsp3) is 0.556. The number of benzene rings is 1. The lowest BCUT2D eigenvalue weighted by atomic mass is 9.95. The highest BCUT2D eigenvalue weighted by atomic mass is 35.5. The predicted octanol–water partition coefficient (Wildman–Crippen LogP) is 4.50. The summed E-state index contributed by atoms with van der Waals surface area (Å²) in [6, 6.07) is 6.94. The lowest BCUT2D eigenvalue weighted by Gasteiger charge is -2.07. The Bertz CT molecular complexity index is 555. The second-order valence-corrected chi connectivity index (χ2v) is 6.49. The van der Waals surface area contributed by atoms with Crippen molar-refractivity contribution >= 4 is 23.4 Å². The van der Waals surface area contributed by atoms with E-state index in [1.165, 1.54) is 0 Å². The Balaban J connectivity index is 1.62. The molecule has 2 unspecified atom stereocenters. The number of carbonyl (C=O) groups is 2. The molecule has 126 valence electrons. The first kappa shape index (κ1) is 18.0. The van der Waals surface area contributed by atoms with Crippen molar-refractivity contribution in [2.24, 2.45) is 0 Å². The van der Waals surface area contributed by atoms with Crippen LogP contribution in [0.15, 0.2) is 24.3 Å². The van der Waals surface area contributed by atoms with Crippen molar-refractivity contribution < 1.29 is 19.4 Å². The molecule has 0 amide bonds. The molecule has 0 radical (unpaired) electrons. The number of unbranched alkanes of at least 4 members (excludes halogenated alkanes) is 3. The minimum atomic E-state index is -0.937. The molecule has 2 rings (SSSR count). The second kappa shape index (κ2) is 7.93. The Kier molecular flexibility index (Phi) is 6.19. The summed E-state index contributed by atoms with van der Waals surface area (Å²) < 4.78 is 5.36. The molecule has 1 aliphatic rings. The average Bonchev–Trinajstić information content (AvgIpc) is 3.26. The molecule has 1 aromatic carbocycles. The van der Waals surface area contributed by atoms with Crippen LogP contribution in [0.25, 0.3) is 0 Å². The highest BCUT2D eigenvalue weighted by Gasteiger charge is 2.61. The topological polar surface area (TPSA) is 66.9 Å². The van der Waals surface area contributed by atoms with E-state index in [4.69, 9.17) is 16.3 Å². The summed E-state index contributed by atoms with van der Waals surface area (Å²) in [7, 11) is 0. The number of aliphatic carboxylic acids is 1. The third-order valence-corrected chi connectivity index (χ3v) is 4.67. The number of Topliss-reactive ketones (excluding diaryl/α,β-unsaturated/α-hetero) is 1. The quantitative estimate of drug-likeness (QED) is 0.387. The molecule has 0 aromatic heterocycles. The van der Waals surface area contributed by atoms with Crippen LogP contribution in [0.4, 0.5) is 0 Å². The third kappa shape index (κ3) is 4.55. The van der Waals surface area contributed by atoms with Crippen LogP contribution in [0.5, 0.6) is 0 Å². The summed E-state index contributed by atoms with van der Waals surface area (Å²) >= 11 is 5.80. The summed E-state index contributed by atoms with van der Waals surface area (Å²) in [6.07, 6.45) is 5.16. The first-order valence-corrected chi connectivity index (χ1v) is 8.57. The van der Waals surface area contributed by atoms with Gasteiger partial charge in [0, 0.05) is 17.0 Å². The van der Waals surface area contributed by atoms with Crippen LogP contribution in [-0.2, 0) is 9.53 Å². The molecule has 23 heavy (non-hydrogen) atoms. The molecule has 1 aromatic rings. The Morgan fingerprint density at radius 2 is 1.83 bits per heavy atom. The molecule has 0 saturated carbocycles. The fourth-order valence-electron chi connectivity index (χ4n) is 2.95. The number of hydrogen-bond acceptors (Lipinski definition) is 3. The van der Waals surface area contributed by atoms with Gasteiger partial charge < -0.3 is 9.84 Å². The number of carboxylic acids is 1. The Labute approximate surface area is 141 Å². The minimum Gasteiger partial charge on any atom is -0.479 e.